The van der Waals surface area contributed by atoms with Gasteiger partial charge in [0, 0.05) is 13.1 Å². The van der Waals surface area contributed by atoms with Crippen molar-refractivity contribution in [3.8, 4) is 0 Å². The van der Waals surface area contributed by atoms with Crippen LogP contribution in [-0.4, -0.2) is 59.9 Å². The molecule has 0 heterocycles. The number of oxime groups is 1. The zero-order valence-electron chi connectivity index (χ0n) is 9.24. The molecule has 0 aromatic carbocycles. The van der Waals surface area contributed by atoms with E-state index in [2.05, 4.69) is 5.16 Å². The number of amidine groups is 1. The Morgan fingerprint density at radius 2 is 1.83 bits per heavy atom. The molecule has 0 aliphatic carbocycles. The zero-order chi connectivity index (χ0) is 14.3. The van der Waals surface area contributed by atoms with Crippen molar-refractivity contribution in [3.05, 3.63) is 0 Å². The largest absolute Gasteiger partial charge is 0.409 e. The fourth-order valence-corrected chi connectivity index (χ4v) is 1.29. The molecule has 1 unspecified atom stereocenters. The number of hydrogen-bond acceptors (Lipinski definition) is 4. The summed E-state index contributed by atoms with van der Waals surface area (Å²) in [6.07, 6.45) is -7.68. The summed E-state index contributed by atoms with van der Waals surface area (Å²) in [6, 6.07) is 0. The second kappa shape index (κ2) is 7.31. The second-order valence-electron chi connectivity index (χ2n) is 3.49. The number of rotatable bonds is 7. The third-order valence-corrected chi connectivity index (χ3v) is 2.12. The lowest BCUT2D eigenvalue weighted by molar-refractivity contribution is -0.161. The van der Waals surface area contributed by atoms with Crippen molar-refractivity contribution in [2.24, 2.45) is 16.8 Å². The molecular weight excluding hydrogens is 265 g/mol. The van der Waals surface area contributed by atoms with Crippen LogP contribution < -0.4 is 5.73 Å². The molecule has 0 aromatic rings. The maximum Gasteiger partial charge on any atom is 0.400 e. The highest BCUT2D eigenvalue weighted by Gasteiger charge is 2.43. The number of halogens is 5. The molecule has 1 atom stereocenters. The molecule has 0 spiro atoms. The number of aliphatic hydroxyl groups is 1. The van der Waals surface area contributed by atoms with Crippen molar-refractivity contribution in [2.45, 2.75) is 12.6 Å². The van der Waals surface area contributed by atoms with Gasteiger partial charge in [-0.05, 0) is 0 Å². The van der Waals surface area contributed by atoms with Gasteiger partial charge in [0.25, 0.3) is 6.43 Å². The van der Waals surface area contributed by atoms with Crippen molar-refractivity contribution in [1.82, 2.24) is 4.90 Å². The number of aliphatic hydroxyl groups excluding tert-OH is 1. The first-order valence-corrected chi connectivity index (χ1v) is 4.87. The van der Waals surface area contributed by atoms with Crippen LogP contribution in [0.15, 0.2) is 5.16 Å². The molecule has 0 aliphatic rings. The quantitative estimate of drug-likeness (QED) is 0.208. The fraction of sp³-hybridized carbons (Fsp3) is 0.875. The molecule has 0 radical (unpaired) electrons. The highest BCUT2D eigenvalue weighted by Crippen LogP contribution is 2.27. The predicted molar refractivity (Wildman–Crippen MR) is 52.5 cm³/mol. The Kier molecular flexibility index (Phi) is 6.84. The molecule has 0 saturated carbocycles. The predicted octanol–water partition coefficient (Wildman–Crippen LogP) is 0.471. The van der Waals surface area contributed by atoms with Gasteiger partial charge < -0.3 is 16.0 Å². The number of alkyl halides is 5. The molecule has 4 N–H and O–H groups in total. The molecule has 0 aromatic heterocycles. The van der Waals surface area contributed by atoms with Gasteiger partial charge >= 0.3 is 6.18 Å². The van der Waals surface area contributed by atoms with Crippen molar-refractivity contribution >= 4 is 5.84 Å². The third-order valence-electron chi connectivity index (χ3n) is 2.12. The van der Waals surface area contributed by atoms with Crippen LogP contribution in [0.3, 0.4) is 0 Å². The molecule has 18 heavy (non-hydrogen) atoms. The molecule has 108 valence electrons. The van der Waals surface area contributed by atoms with Gasteiger partial charge in [-0.2, -0.15) is 13.2 Å². The Bertz CT molecular complexity index is 272. The first kappa shape index (κ1) is 16.8. The lowest BCUT2D eigenvalue weighted by atomic mass is 10.1. The minimum atomic E-state index is -4.83. The van der Waals surface area contributed by atoms with Gasteiger partial charge in [-0.25, -0.2) is 8.78 Å². The van der Waals surface area contributed by atoms with E-state index in [1.165, 1.54) is 0 Å². The van der Waals surface area contributed by atoms with Crippen LogP contribution in [0, 0.1) is 5.92 Å². The fourth-order valence-electron chi connectivity index (χ4n) is 1.29. The first-order valence-electron chi connectivity index (χ1n) is 4.87. The van der Waals surface area contributed by atoms with Gasteiger partial charge in [-0.3, -0.25) is 4.90 Å². The molecule has 0 amide bonds. The minimum absolute atomic E-state index is 0.365. The summed E-state index contributed by atoms with van der Waals surface area (Å²) in [4.78, 5) is 0.695. The highest BCUT2D eigenvalue weighted by atomic mass is 19.4. The molecule has 0 bridgehead atoms. The topological polar surface area (TPSA) is 82.1 Å². The van der Waals surface area contributed by atoms with Gasteiger partial charge in [0.1, 0.15) is 5.92 Å². The Hall–Kier alpha value is -1.16. The summed E-state index contributed by atoms with van der Waals surface area (Å²) in [5.41, 5.74) is 4.88. The molecule has 0 aliphatic heterocycles. The summed E-state index contributed by atoms with van der Waals surface area (Å²) < 4.78 is 61.9. The summed E-state index contributed by atoms with van der Waals surface area (Å²) >= 11 is 0. The first-order chi connectivity index (χ1) is 8.22. The zero-order valence-corrected chi connectivity index (χ0v) is 9.24. The lowest BCUT2D eigenvalue weighted by Crippen LogP contribution is -2.46. The van der Waals surface area contributed by atoms with Crippen LogP contribution in [0.1, 0.15) is 0 Å². The Morgan fingerprint density at radius 3 is 2.17 bits per heavy atom. The van der Waals surface area contributed by atoms with Crippen LogP contribution in [-0.2, 0) is 0 Å². The molecule has 0 fully saturated rings. The van der Waals surface area contributed by atoms with Crippen LogP contribution in [0.2, 0.25) is 0 Å². The van der Waals surface area contributed by atoms with Crippen LogP contribution in [0.25, 0.3) is 0 Å². The smallest absolute Gasteiger partial charge is 0.400 e. The van der Waals surface area contributed by atoms with Gasteiger partial charge in [0.15, 0.2) is 5.84 Å². The number of hydrogen-bond donors (Lipinski definition) is 3. The standard InChI is InChI=1S/C8H14F5N3O2/c9-6(10)4-16(1-2-17)3-5(7(14)15-18)8(11,12)13/h5-6,17-18H,1-4H2,(H2,14,15). The van der Waals surface area contributed by atoms with E-state index in [0.29, 0.717) is 4.90 Å². The Balaban J connectivity index is 4.81. The van der Waals surface area contributed by atoms with Crippen molar-refractivity contribution in [2.75, 3.05) is 26.2 Å². The second-order valence-corrected chi connectivity index (χ2v) is 3.49. The molecule has 10 heteroatoms. The SMILES string of the molecule is NC(=NO)C(CN(CCO)CC(F)F)C(F)(F)F. The van der Waals surface area contributed by atoms with E-state index in [1.54, 1.807) is 0 Å². The van der Waals surface area contributed by atoms with E-state index in [-0.39, 0.29) is 6.54 Å². The summed E-state index contributed by atoms with van der Waals surface area (Å²) in [6.45, 7) is -2.79. The molecule has 0 rings (SSSR count). The van der Waals surface area contributed by atoms with Crippen molar-refractivity contribution in [1.29, 1.82) is 0 Å². The molecule has 5 nitrogen and oxygen atoms in total. The third kappa shape index (κ3) is 5.96. The van der Waals surface area contributed by atoms with E-state index in [0.717, 1.165) is 0 Å². The molecule has 0 saturated heterocycles. The minimum Gasteiger partial charge on any atom is -0.409 e. The van der Waals surface area contributed by atoms with E-state index in [1.807, 2.05) is 0 Å². The van der Waals surface area contributed by atoms with E-state index in [9.17, 15) is 22.0 Å². The normalized spacial score (nSPS) is 15.4. The highest BCUT2D eigenvalue weighted by molar-refractivity contribution is 5.83. The van der Waals surface area contributed by atoms with E-state index in [4.69, 9.17) is 16.0 Å². The Morgan fingerprint density at radius 1 is 1.28 bits per heavy atom. The summed E-state index contributed by atoms with van der Waals surface area (Å²) in [5.74, 6) is -3.48. The Labute approximate surface area is 99.7 Å². The van der Waals surface area contributed by atoms with Crippen molar-refractivity contribution < 1.29 is 32.3 Å². The number of nitrogens with two attached hydrogens (primary N) is 1. The van der Waals surface area contributed by atoms with Gasteiger partial charge in [-0.15, -0.1) is 0 Å². The van der Waals surface area contributed by atoms with Gasteiger partial charge in [0.05, 0.1) is 13.2 Å². The van der Waals surface area contributed by atoms with E-state index >= 15 is 0 Å². The maximum absolute atomic E-state index is 12.5. The van der Waals surface area contributed by atoms with Gasteiger partial charge in [-0.1, -0.05) is 5.16 Å². The summed E-state index contributed by atoms with van der Waals surface area (Å²) in [5, 5.41) is 19.1. The molecular formula is C8H14F5N3O2. The van der Waals surface area contributed by atoms with Crippen molar-refractivity contribution in [3.63, 3.8) is 0 Å². The van der Waals surface area contributed by atoms with Crippen LogP contribution in [0.5, 0.6) is 0 Å². The average molecular weight is 279 g/mol. The number of nitrogens with zero attached hydrogens (tertiary/aromatic N) is 2. The van der Waals surface area contributed by atoms with Crippen LogP contribution >= 0.6 is 0 Å². The monoisotopic (exact) mass is 279 g/mol. The van der Waals surface area contributed by atoms with E-state index < -0.39 is 44.1 Å². The maximum atomic E-state index is 12.5. The average Bonchev–Trinajstić information content (AvgIpc) is 2.22. The van der Waals surface area contributed by atoms with Gasteiger partial charge in [0.2, 0.25) is 0 Å². The van der Waals surface area contributed by atoms with Crippen LogP contribution in [0.4, 0.5) is 22.0 Å². The summed E-state index contributed by atoms with van der Waals surface area (Å²) in [7, 11) is 0. The lowest BCUT2D eigenvalue weighted by Gasteiger charge is -2.27.